The van der Waals surface area contributed by atoms with E-state index in [9.17, 15) is 4.79 Å². The van der Waals surface area contributed by atoms with Crippen molar-refractivity contribution in [1.82, 2.24) is 16.0 Å². The number of amides is 1. The fourth-order valence-corrected chi connectivity index (χ4v) is 2.62. The monoisotopic (exact) mass is 382 g/mol. The summed E-state index contributed by atoms with van der Waals surface area (Å²) in [6.45, 7) is 8.03. The minimum atomic E-state index is -0.0901. The summed E-state index contributed by atoms with van der Waals surface area (Å²) in [5, 5.41) is 9.17. The third kappa shape index (κ3) is 6.95. The quantitative estimate of drug-likeness (QED) is 0.485. The number of aliphatic imine (C=N–C) groups is 1. The molecule has 0 bridgehead atoms. The van der Waals surface area contributed by atoms with Gasteiger partial charge in [-0.25, -0.2) is 4.99 Å². The van der Waals surface area contributed by atoms with E-state index >= 15 is 0 Å². The molecule has 0 aliphatic carbocycles. The molecular weight excluding hydrogens is 352 g/mol. The number of aryl methyl sites for hydroxylation is 1. The fourth-order valence-electron chi connectivity index (χ4n) is 2.62. The van der Waals surface area contributed by atoms with Gasteiger partial charge in [-0.05, 0) is 56.2 Å². The minimum absolute atomic E-state index is 0.00232. The molecule has 0 fully saturated rings. The van der Waals surface area contributed by atoms with E-state index in [1.165, 1.54) is 5.56 Å². The van der Waals surface area contributed by atoms with Crippen molar-refractivity contribution in [1.29, 1.82) is 0 Å². The molecule has 0 aromatic heterocycles. The molecule has 0 spiro atoms. The van der Waals surface area contributed by atoms with Crippen molar-refractivity contribution < 1.29 is 9.53 Å². The Bertz CT molecular complexity index is 787. The Kier molecular flexibility index (Phi) is 8.34. The number of carbonyl (C=O) groups is 1. The van der Waals surface area contributed by atoms with E-state index in [1.807, 2.05) is 69.3 Å². The van der Waals surface area contributed by atoms with Crippen LogP contribution in [0.4, 0.5) is 0 Å². The van der Waals surface area contributed by atoms with Gasteiger partial charge in [0.2, 0.25) is 0 Å². The Morgan fingerprint density at radius 1 is 1.14 bits per heavy atom. The first-order valence-corrected chi connectivity index (χ1v) is 9.58. The molecule has 3 N–H and O–H groups in total. The van der Waals surface area contributed by atoms with Crippen LogP contribution in [-0.2, 0) is 6.54 Å². The SMILES string of the molecule is CCNC(=NCc1ccc(C(=O)NC)cc1)NCC(C)Oc1cccc(C)c1. The number of hydrogen-bond donors (Lipinski definition) is 3. The second kappa shape index (κ2) is 11.0. The van der Waals surface area contributed by atoms with Gasteiger partial charge >= 0.3 is 0 Å². The molecule has 1 unspecified atom stereocenters. The molecule has 0 radical (unpaired) electrons. The highest BCUT2D eigenvalue weighted by Gasteiger charge is 2.06. The van der Waals surface area contributed by atoms with E-state index in [0.29, 0.717) is 18.7 Å². The van der Waals surface area contributed by atoms with Crippen molar-refractivity contribution in [2.45, 2.75) is 33.4 Å². The van der Waals surface area contributed by atoms with Crippen molar-refractivity contribution in [2.75, 3.05) is 20.1 Å². The van der Waals surface area contributed by atoms with Gasteiger partial charge in [-0.15, -0.1) is 0 Å². The maximum atomic E-state index is 11.6. The van der Waals surface area contributed by atoms with Crippen LogP contribution in [0, 0.1) is 6.92 Å². The van der Waals surface area contributed by atoms with Crippen LogP contribution >= 0.6 is 0 Å². The minimum Gasteiger partial charge on any atom is -0.489 e. The van der Waals surface area contributed by atoms with Crippen LogP contribution in [0.25, 0.3) is 0 Å². The zero-order chi connectivity index (χ0) is 20.4. The molecule has 6 nitrogen and oxygen atoms in total. The molecule has 1 atom stereocenters. The predicted molar refractivity (Wildman–Crippen MR) is 114 cm³/mol. The standard InChI is InChI=1S/C22H30N4O2/c1-5-24-22(25-14-17(3)28-20-8-6-7-16(2)13-20)26-15-18-9-11-19(12-10-18)21(27)23-4/h6-13,17H,5,14-15H2,1-4H3,(H,23,27)(H2,24,25,26). The number of nitrogens with zero attached hydrogens (tertiary/aromatic N) is 1. The van der Waals surface area contributed by atoms with Crippen molar-refractivity contribution in [2.24, 2.45) is 4.99 Å². The first-order valence-electron chi connectivity index (χ1n) is 9.58. The highest BCUT2D eigenvalue weighted by atomic mass is 16.5. The number of hydrogen-bond acceptors (Lipinski definition) is 3. The molecule has 2 aromatic rings. The zero-order valence-electron chi connectivity index (χ0n) is 17.1. The van der Waals surface area contributed by atoms with Gasteiger partial charge in [-0.2, -0.15) is 0 Å². The lowest BCUT2D eigenvalue weighted by molar-refractivity contribution is 0.0963. The fraction of sp³-hybridized carbons (Fsp3) is 0.364. The molecule has 28 heavy (non-hydrogen) atoms. The molecule has 0 saturated carbocycles. The molecular formula is C22H30N4O2. The van der Waals surface area contributed by atoms with Crippen molar-refractivity contribution in [3.63, 3.8) is 0 Å². The summed E-state index contributed by atoms with van der Waals surface area (Å²) >= 11 is 0. The average molecular weight is 383 g/mol. The van der Waals surface area contributed by atoms with Gasteiger partial charge in [0, 0.05) is 19.2 Å². The third-order valence-electron chi connectivity index (χ3n) is 4.09. The Morgan fingerprint density at radius 2 is 1.89 bits per heavy atom. The second-order valence-corrected chi connectivity index (χ2v) is 6.60. The van der Waals surface area contributed by atoms with Gasteiger partial charge in [0.1, 0.15) is 11.9 Å². The normalized spacial score (nSPS) is 12.2. The lowest BCUT2D eigenvalue weighted by Gasteiger charge is -2.18. The summed E-state index contributed by atoms with van der Waals surface area (Å²) in [4.78, 5) is 16.2. The molecule has 0 aliphatic heterocycles. The van der Waals surface area contributed by atoms with E-state index < -0.39 is 0 Å². The van der Waals surface area contributed by atoms with Crippen molar-refractivity contribution >= 4 is 11.9 Å². The predicted octanol–water partition coefficient (Wildman–Crippen LogP) is 2.88. The number of guanidine groups is 1. The number of benzene rings is 2. The largest absolute Gasteiger partial charge is 0.489 e. The van der Waals surface area contributed by atoms with Crippen LogP contribution in [0.5, 0.6) is 5.75 Å². The molecule has 0 saturated heterocycles. The molecule has 0 aliphatic rings. The lowest BCUT2D eigenvalue weighted by Crippen LogP contribution is -2.41. The smallest absolute Gasteiger partial charge is 0.251 e. The van der Waals surface area contributed by atoms with Crippen molar-refractivity contribution in [3.8, 4) is 5.75 Å². The molecule has 2 rings (SSSR count). The molecule has 0 heterocycles. The van der Waals surface area contributed by atoms with Gasteiger partial charge in [0.25, 0.3) is 5.91 Å². The first-order chi connectivity index (χ1) is 13.5. The number of rotatable bonds is 8. The highest BCUT2D eigenvalue weighted by molar-refractivity contribution is 5.93. The second-order valence-electron chi connectivity index (χ2n) is 6.60. The Hall–Kier alpha value is -3.02. The summed E-state index contributed by atoms with van der Waals surface area (Å²) < 4.78 is 5.95. The molecule has 1 amide bonds. The van der Waals surface area contributed by atoms with Crippen LogP contribution < -0.4 is 20.7 Å². The van der Waals surface area contributed by atoms with Crippen LogP contribution in [0.2, 0.25) is 0 Å². The van der Waals surface area contributed by atoms with Crippen LogP contribution in [0.3, 0.4) is 0 Å². The zero-order valence-corrected chi connectivity index (χ0v) is 17.1. The number of ether oxygens (including phenoxy) is 1. The highest BCUT2D eigenvalue weighted by Crippen LogP contribution is 2.13. The van der Waals surface area contributed by atoms with Crippen LogP contribution in [0.15, 0.2) is 53.5 Å². The summed E-state index contributed by atoms with van der Waals surface area (Å²) in [5.41, 5.74) is 2.85. The van der Waals surface area contributed by atoms with Gasteiger partial charge in [-0.3, -0.25) is 4.79 Å². The molecule has 150 valence electrons. The maximum Gasteiger partial charge on any atom is 0.251 e. The molecule has 2 aromatic carbocycles. The van der Waals surface area contributed by atoms with Gasteiger partial charge in [0.05, 0.1) is 13.1 Å². The van der Waals surface area contributed by atoms with E-state index in [4.69, 9.17) is 4.74 Å². The van der Waals surface area contributed by atoms with Crippen molar-refractivity contribution in [3.05, 3.63) is 65.2 Å². The summed E-state index contributed by atoms with van der Waals surface area (Å²) in [7, 11) is 1.62. The lowest BCUT2D eigenvalue weighted by atomic mass is 10.1. The first kappa shape index (κ1) is 21.3. The summed E-state index contributed by atoms with van der Waals surface area (Å²) in [5.74, 6) is 1.51. The third-order valence-corrected chi connectivity index (χ3v) is 4.09. The van der Waals surface area contributed by atoms with Crippen LogP contribution in [0.1, 0.15) is 35.3 Å². The number of carbonyl (C=O) groups excluding carboxylic acids is 1. The van der Waals surface area contributed by atoms with Gasteiger partial charge < -0.3 is 20.7 Å². The maximum absolute atomic E-state index is 11.6. The van der Waals surface area contributed by atoms with E-state index in [-0.39, 0.29) is 12.0 Å². The Balaban J connectivity index is 1.89. The van der Waals surface area contributed by atoms with E-state index in [1.54, 1.807) is 7.05 Å². The average Bonchev–Trinajstić information content (AvgIpc) is 2.70. The Labute approximate surface area is 167 Å². The Morgan fingerprint density at radius 3 is 2.54 bits per heavy atom. The van der Waals surface area contributed by atoms with Gasteiger partial charge in [0.15, 0.2) is 5.96 Å². The summed E-state index contributed by atoms with van der Waals surface area (Å²) in [6, 6.07) is 15.5. The van der Waals surface area contributed by atoms with Crippen LogP contribution in [-0.4, -0.2) is 38.1 Å². The van der Waals surface area contributed by atoms with E-state index in [2.05, 4.69) is 20.9 Å². The van der Waals surface area contributed by atoms with E-state index in [0.717, 1.165) is 23.8 Å². The topological polar surface area (TPSA) is 74.8 Å². The van der Waals surface area contributed by atoms with Gasteiger partial charge in [-0.1, -0.05) is 24.3 Å². The molecule has 6 heteroatoms. The summed E-state index contributed by atoms with van der Waals surface area (Å²) in [6.07, 6.45) is -0.00232. The number of nitrogens with one attached hydrogen (secondary N) is 3.